The highest BCUT2D eigenvalue weighted by Crippen LogP contribution is 2.25. The minimum absolute atomic E-state index is 0.0173. The highest BCUT2D eigenvalue weighted by atomic mass is 35.5. The molecule has 0 radical (unpaired) electrons. The lowest BCUT2D eigenvalue weighted by molar-refractivity contribution is -0.127. The van der Waals surface area contributed by atoms with E-state index in [2.05, 4.69) is 10.2 Å². The van der Waals surface area contributed by atoms with E-state index >= 15 is 0 Å². The fourth-order valence-corrected chi connectivity index (χ4v) is 3.77. The summed E-state index contributed by atoms with van der Waals surface area (Å²) in [6.45, 7) is 3.13. The largest absolute Gasteiger partial charge is 0.461 e. The summed E-state index contributed by atoms with van der Waals surface area (Å²) in [6, 6.07) is 8.99. The van der Waals surface area contributed by atoms with Gasteiger partial charge in [-0.1, -0.05) is 41.0 Å². The van der Waals surface area contributed by atoms with E-state index in [4.69, 9.17) is 27.6 Å². The van der Waals surface area contributed by atoms with Gasteiger partial charge in [-0.05, 0) is 36.8 Å². The fourth-order valence-electron chi connectivity index (χ4n) is 2.51. The summed E-state index contributed by atoms with van der Waals surface area (Å²) in [4.78, 5) is 14.1. The standard InChI is InChI=1S/C18H18Cl2N4O2S/c1-3-24-17(15-5-4-8-26-15)21-22-18(24)27-11-16(25)23(2)10-12-6-7-13(19)14(20)9-12/h4-9H,3,10-11H2,1-2H3. The number of carbonyl (C=O) groups is 1. The van der Waals surface area contributed by atoms with Crippen LogP contribution in [0, 0.1) is 0 Å². The quantitative estimate of drug-likeness (QED) is 0.517. The second-order valence-corrected chi connectivity index (χ2v) is 7.57. The minimum Gasteiger partial charge on any atom is -0.461 e. The summed E-state index contributed by atoms with van der Waals surface area (Å²) < 4.78 is 7.32. The van der Waals surface area contributed by atoms with Crippen LogP contribution in [0.5, 0.6) is 0 Å². The third kappa shape index (κ3) is 4.66. The van der Waals surface area contributed by atoms with Gasteiger partial charge in [0.1, 0.15) is 0 Å². The zero-order valence-electron chi connectivity index (χ0n) is 14.9. The topological polar surface area (TPSA) is 64.2 Å². The molecule has 1 aromatic carbocycles. The molecule has 0 aliphatic heterocycles. The molecule has 0 saturated carbocycles. The van der Waals surface area contributed by atoms with Crippen molar-refractivity contribution in [2.75, 3.05) is 12.8 Å². The van der Waals surface area contributed by atoms with Crippen LogP contribution in [0.25, 0.3) is 11.6 Å². The Morgan fingerprint density at radius 3 is 2.74 bits per heavy atom. The van der Waals surface area contributed by atoms with Crippen LogP contribution >= 0.6 is 35.0 Å². The van der Waals surface area contributed by atoms with Crippen molar-refractivity contribution in [2.45, 2.75) is 25.2 Å². The first-order chi connectivity index (χ1) is 13.0. The smallest absolute Gasteiger partial charge is 0.233 e. The van der Waals surface area contributed by atoms with Crippen molar-refractivity contribution < 1.29 is 9.21 Å². The zero-order chi connectivity index (χ0) is 19.4. The van der Waals surface area contributed by atoms with E-state index in [0.717, 1.165) is 5.56 Å². The van der Waals surface area contributed by atoms with Crippen LogP contribution in [-0.2, 0) is 17.9 Å². The van der Waals surface area contributed by atoms with Gasteiger partial charge < -0.3 is 9.32 Å². The van der Waals surface area contributed by atoms with Gasteiger partial charge in [-0.2, -0.15) is 0 Å². The number of hydrogen-bond acceptors (Lipinski definition) is 5. The Kier molecular flexibility index (Phi) is 6.46. The summed E-state index contributed by atoms with van der Waals surface area (Å²) in [5.41, 5.74) is 0.919. The molecule has 27 heavy (non-hydrogen) atoms. The van der Waals surface area contributed by atoms with Gasteiger partial charge in [0.05, 0.1) is 22.1 Å². The second-order valence-electron chi connectivity index (χ2n) is 5.81. The van der Waals surface area contributed by atoms with Crippen LogP contribution < -0.4 is 0 Å². The molecular formula is C18H18Cl2N4O2S. The monoisotopic (exact) mass is 424 g/mol. The van der Waals surface area contributed by atoms with Crippen molar-refractivity contribution in [1.82, 2.24) is 19.7 Å². The maximum absolute atomic E-state index is 12.5. The number of halogens is 2. The maximum Gasteiger partial charge on any atom is 0.233 e. The number of carbonyl (C=O) groups excluding carboxylic acids is 1. The molecule has 6 nitrogen and oxygen atoms in total. The first-order valence-electron chi connectivity index (χ1n) is 8.27. The average molecular weight is 425 g/mol. The van der Waals surface area contributed by atoms with Crippen molar-refractivity contribution in [3.05, 3.63) is 52.2 Å². The van der Waals surface area contributed by atoms with E-state index < -0.39 is 0 Å². The summed E-state index contributed by atoms with van der Waals surface area (Å²) >= 11 is 13.3. The molecule has 0 aliphatic carbocycles. The van der Waals surface area contributed by atoms with Crippen LogP contribution in [-0.4, -0.2) is 38.4 Å². The Bertz CT molecular complexity index is 928. The third-order valence-electron chi connectivity index (χ3n) is 3.93. The van der Waals surface area contributed by atoms with E-state index in [1.165, 1.54) is 11.8 Å². The molecule has 0 aliphatic rings. The van der Waals surface area contributed by atoms with E-state index in [1.54, 1.807) is 36.4 Å². The predicted molar refractivity (Wildman–Crippen MR) is 107 cm³/mol. The summed E-state index contributed by atoms with van der Waals surface area (Å²) in [7, 11) is 1.75. The fraction of sp³-hybridized carbons (Fsp3) is 0.278. The molecule has 9 heteroatoms. The molecule has 0 atom stereocenters. The van der Waals surface area contributed by atoms with E-state index in [0.29, 0.717) is 39.9 Å². The van der Waals surface area contributed by atoms with Gasteiger partial charge in [-0.15, -0.1) is 10.2 Å². The lowest BCUT2D eigenvalue weighted by Gasteiger charge is -2.17. The number of furan rings is 1. The van der Waals surface area contributed by atoms with Crippen molar-refractivity contribution >= 4 is 40.9 Å². The molecule has 2 aromatic heterocycles. The number of aromatic nitrogens is 3. The maximum atomic E-state index is 12.5. The second kappa shape index (κ2) is 8.82. The van der Waals surface area contributed by atoms with Crippen LogP contribution in [0.15, 0.2) is 46.2 Å². The lowest BCUT2D eigenvalue weighted by atomic mass is 10.2. The minimum atomic E-state index is -0.0173. The van der Waals surface area contributed by atoms with Crippen LogP contribution in [0.2, 0.25) is 10.0 Å². The highest BCUT2D eigenvalue weighted by molar-refractivity contribution is 7.99. The van der Waals surface area contributed by atoms with Crippen LogP contribution in [0.1, 0.15) is 12.5 Å². The Morgan fingerprint density at radius 1 is 1.26 bits per heavy atom. The lowest BCUT2D eigenvalue weighted by Crippen LogP contribution is -2.27. The first kappa shape index (κ1) is 19.8. The first-order valence-corrected chi connectivity index (χ1v) is 10.0. The molecule has 0 unspecified atom stereocenters. The van der Waals surface area contributed by atoms with Crippen molar-refractivity contribution in [1.29, 1.82) is 0 Å². The summed E-state index contributed by atoms with van der Waals surface area (Å²) in [6.07, 6.45) is 1.60. The van der Waals surface area contributed by atoms with E-state index in [-0.39, 0.29) is 11.7 Å². The number of benzene rings is 1. The van der Waals surface area contributed by atoms with Gasteiger partial charge in [0.25, 0.3) is 0 Å². The SMILES string of the molecule is CCn1c(SCC(=O)N(C)Cc2ccc(Cl)c(Cl)c2)nnc1-c1ccco1. The normalized spacial score (nSPS) is 11.0. The van der Waals surface area contributed by atoms with Gasteiger partial charge in [-0.25, -0.2) is 0 Å². The summed E-state index contributed by atoms with van der Waals surface area (Å²) in [5, 5.41) is 10.0. The molecule has 1 amide bonds. The molecule has 3 aromatic rings. The molecule has 2 heterocycles. The van der Waals surface area contributed by atoms with Crippen molar-refractivity contribution in [2.24, 2.45) is 0 Å². The Hall–Kier alpha value is -1.96. The summed E-state index contributed by atoms with van der Waals surface area (Å²) in [5.74, 6) is 1.55. The zero-order valence-corrected chi connectivity index (χ0v) is 17.2. The van der Waals surface area contributed by atoms with Gasteiger partial charge in [0.15, 0.2) is 16.7 Å². The van der Waals surface area contributed by atoms with E-state index in [9.17, 15) is 4.79 Å². The Balaban J connectivity index is 1.62. The van der Waals surface area contributed by atoms with Gasteiger partial charge >= 0.3 is 0 Å². The van der Waals surface area contributed by atoms with Gasteiger partial charge in [-0.3, -0.25) is 9.36 Å². The van der Waals surface area contributed by atoms with Crippen LogP contribution in [0.3, 0.4) is 0 Å². The number of rotatable bonds is 7. The van der Waals surface area contributed by atoms with Crippen LogP contribution in [0.4, 0.5) is 0 Å². The predicted octanol–water partition coefficient (Wildman–Crippen LogP) is 4.62. The molecule has 0 bridgehead atoms. The molecule has 0 saturated heterocycles. The third-order valence-corrected chi connectivity index (χ3v) is 5.62. The number of hydrogen-bond donors (Lipinski definition) is 0. The Labute approximate surface area is 171 Å². The number of nitrogens with zero attached hydrogens (tertiary/aromatic N) is 4. The molecule has 0 N–H and O–H groups in total. The molecule has 142 valence electrons. The molecule has 0 fully saturated rings. The van der Waals surface area contributed by atoms with Crippen molar-refractivity contribution in [3.63, 3.8) is 0 Å². The van der Waals surface area contributed by atoms with E-state index in [1.807, 2.05) is 23.6 Å². The number of amides is 1. The highest BCUT2D eigenvalue weighted by Gasteiger charge is 2.17. The molecular weight excluding hydrogens is 407 g/mol. The van der Waals surface area contributed by atoms with Gasteiger partial charge in [0, 0.05) is 20.1 Å². The molecule has 3 rings (SSSR count). The molecule has 0 spiro atoms. The van der Waals surface area contributed by atoms with Gasteiger partial charge in [0.2, 0.25) is 5.91 Å². The number of thioether (sulfide) groups is 1. The van der Waals surface area contributed by atoms with Crippen molar-refractivity contribution in [3.8, 4) is 11.6 Å². The Morgan fingerprint density at radius 2 is 2.07 bits per heavy atom. The average Bonchev–Trinajstić information content (AvgIpc) is 3.31.